The molecule has 0 N–H and O–H groups in total. The van der Waals surface area contributed by atoms with Gasteiger partial charge in [-0.15, -0.1) is 0 Å². The fourth-order valence-electron chi connectivity index (χ4n) is 5.14. The fraction of sp³-hybridized carbons (Fsp3) is 0.667. The quantitative estimate of drug-likeness (QED) is 0.461. The summed E-state index contributed by atoms with van der Waals surface area (Å²) in [7, 11) is 0. The molecule has 3 rings (SSSR count). The van der Waals surface area contributed by atoms with Crippen LogP contribution in [0.1, 0.15) is 76.7 Å². The van der Waals surface area contributed by atoms with Crippen molar-refractivity contribution in [2.75, 3.05) is 0 Å². The third-order valence-electron chi connectivity index (χ3n) is 7.00. The van der Waals surface area contributed by atoms with E-state index in [1.165, 1.54) is 69.9 Å². The number of halogens is 2. The van der Waals surface area contributed by atoms with Gasteiger partial charge in [-0.25, -0.2) is 8.78 Å². The number of rotatable bonds is 6. The van der Waals surface area contributed by atoms with Gasteiger partial charge in [-0.05, 0) is 92.7 Å². The molecule has 0 bridgehead atoms. The lowest BCUT2D eigenvalue weighted by Crippen LogP contribution is -2.25. The predicted molar refractivity (Wildman–Crippen MR) is 105 cm³/mol. The second-order valence-corrected chi connectivity index (χ2v) is 8.63. The highest BCUT2D eigenvalue weighted by Gasteiger charge is 2.30. The molecular weight excluding hydrogens is 326 g/mol. The van der Waals surface area contributed by atoms with Gasteiger partial charge >= 0.3 is 0 Å². The van der Waals surface area contributed by atoms with Gasteiger partial charge in [0.05, 0.1) is 0 Å². The highest BCUT2D eigenvalue weighted by molar-refractivity contribution is 5.20. The smallest absolute Gasteiger partial charge is 0.159 e. The molecule has 1 aromatic carbocycles. The third kappa shape index (κ3) is 5.41. The lowest BCUT2D eigenvalue weighted by molar-refractivity contribution is 0.145. The standard InChI is InChI=1S/C24H34F2/c1-2-18-7-12-21(13-8-18)22-14-9-19(10-15-22)5-3-4-6-20-11-16-23(25)24(26)17-20/h3-4,11,16-19,21-22H,2,5-10,12-15H2,1H3/b4-3-. The topological polar surface area (TPSA) is 0 Å². The second-order valence-electron chi connectivity index (χ2n) is 8.63. The van der Waals surface area contributed by atoms with E-state index in [1.54, 1.807) is 6.07 Å². The molecule has 0 radical (unpaired) electrons. The van der Waals surface area contributed by atoms with Gasteiger partial charge in [0.1, 0.15) is 0 Å². The summed E-state index contributed by atoms with van der Waals surface area (Å²) >= 11 is 0. The van der Waals surface area contributed by atoms with Crippen LogP contribution in [0.15, 0.2) is 30.4 Å². The Kier molecular flexibility index (Phi) is 7.28. The van der Waals surface area contributed by atoms with Crippen molar-refractivity contribution in [3.8, 4) is 0 Å². The van der Waals surface area contributed by atoms with Crippen LogP contribution in [0.5, 0.6) is 0 Å². The van der Waals surface area contributed by atoms with E-state index in [0.29, 0.717) is 6.42 Å². The van der Waals surface area contributed by atoms with Gasteiger partial charge in [0.15, 0.2) is 11.6 Å². The van der Waals surface area contributed by atoms with Crippen LogP contribution in [0.3, 0.4) is 0 Å². The zero-order valence-corrected chi connectivity index (χ0v) is 16.2. The number of benzene rings is 1. The van der Waals surface area contributed by atoms with Gasteiger partial charge in [0, 0.05) is 0 Å². The molecule has 2 saturated carbocycles. The average molecular weight is 361 g/mol. The molecule has 2 aliphatic rings. The molecule has 26 heavy (non-hydrogen) atoms. The predicted octanol–water partition coefficient (Wildman–Crippen LogP) is 7.48. The lowest BCUT2D eigenvalue weighted by atomic mass is 9.68. The van der Waals surface area contributed by atoms with Gasteiger partial charge < -0.3 is 0 Å². The molecule has 0 amide bonds. The molecule has 0 aromatic heterocycles. The molecule has 0 nitrogen and oxygen atoms in total. The van der Waals surface area contributed by atoms with Crippen molar-refractivity contribution in [1.82, 2.24) is 0 Å². The highest BCUT2D eigenvalue weighted by atomic mass is 19.2. The van der Waals surface area contributed by atoms with E-state index < -0.39 is 11.6 Å². The van der Waals surface area contributed by atoms with Crippen LogP contribution in [0.2, 0.25) is 0 Å². The summed E-state index contributed by atoms with van der Waals surface area (Å²) in [4.78, 5) is 0. The number of hydrogen-bond donors (Lipinski definition) is 0. The van der Waals surface area contributed by atoms with Gasteiger partial charge in [-0.3, -0.25) is 0 Å². The summed E-state index contributed by atoms with van der Waals surface area (Å²) in [5.41, 5.74) is 0.839. The van der Waals surface area contributed by atoms with Crippen molar-refractivity contribution >= 4 is 0 Å². The molecule has 0 aliphatic heterocycles. The first-order valence-corrected chi connectivity index (χ1v) is 10.7. The highest BCUT2D eigenvalue weighted by Crippen LogP contribution is 2.42. The molecule has 2 fully saturated rings. The lowest BCUT2D eigenvalue weighted by Gasteiger charge is -2.37. The average Bonchev–Trinajstić information content (AvgIpc) is 2.68. The van der Waals surface area contributed by atoms with E-state index >= 15 is 0 Å². The molecule has 2 aliphatic carbocycles. The normalized spacial score (nSPS) is 30.0. The Morgan fingerprint density at radius 1 is 0.808 bits per heavy atom. The van der Waals surface area contributed by atoms with E-state index in [4.69, 9.17) is 0 Å². The maximum Gasteiger partial charge on any atom is 0.159 e. The Labute approximate surface area is 158 Å². The first kappa shape index (κ1) is 19.6. The van der Waals surface area contributed by atoms with Crippen LogP contribution < -0.4 is 0 Å². The van der Waals surface area contributed by atoms with E-state index in [2.05, 4.69) is 19.1 Å². The van der Waals surface area contributed by atoms with Crippen molar-refractivity contribution in [3.05, 3.63) is 47.5 Å². The minimum atomic E-state index is -0.766. The molecule has 0 heterocycles. The van der Waals surface area contributed by atoms with Crippen molar-refractivity contribution in [1.29, 1.82) is 0 Å². The van der Waals surface area contributed by atoms with Gasteiger partial charge in [-0.1, -0.05) is 44.4 Å². The summed E-state index contributed by atoms with van der Waals surface area (Å²) in [5.74, 6) is 2.29. The molecule has 0 atom stereocenters. The third-order valence-corrected chi connectivity index (χ3v) is 7.00. The Morgan fingerprint density at radius 2 is 1.42 bits per heavy atom. The van der Waals surface area contributed by atoms with Crippen LogP contribution in [-0.4, -0.2) is 0 Å². The minimum absolute atomic E-state index is 0.688. The molecule has 0 unspecified atom stereocenters. The SMILES string of the molecule is CCC1CCC(C2CCC(C/C=C\Cc3ccc(F)c(F)c3)CC2)CC1. The van der Waals surface area contributed by atoms with Crippen molar-refractivity contribution in [2.24, 2.45) is 23.7 Å². The van der Waals surface area contributed by atoms with Crippen LogP contribution >= 0.6 is 0 Å². The van der Waals surface area contributed by atoms with E-state index in [1.807, 2.05) is 0 Å². The first-order valence-electron chi connectivity index (χ1n) is 10.7. The minimum Gasteiger partial charge on any atom is -0.204 e. The summed E-state index contributed by atoms with van der Waals surface area (Å²) < 4.78 is 26.2. The van der Waals surface area contributed by atoms with Crippen molar-refractivity contribution in [2.45, 2.75) is 77.6 Å². The molecule has 0 saturated heterocycles. The van der Waals surface area contributed by atoms with Crippen LogP contribution in [0.25, 0.3) is 0 Å². The van der Waals surface area contributed by atoms with Crippen LogP contribution in [-0.2, 0) is 6.42 Å². The van der Waals surface area contributed by atoms with Crippen LogP contribution in [0.4, 0.5) is 8.78 Å². The summed E-state index contributed by atoms with van der Waals surface area (Å²) in [6.07, 6.45) is 19.0. The molecular formula is C24H34F2. The van der Waals surface area contributed by atoms with Gasteiger partial charge in [0.2, 0.25) is 0 Å². The van der Waals surface area contributed by atoms with Crippen molar-refractivity contribution in [3.63, 3.8) is 0 Å². The van der Waals surface area contributed by atoms with E-state index in [9.17, 15) is 8.78 Å². The maximum absolute atomic E-state index is 13.2. The number of allylic oxidation sites excluding steroid dienone is 2. The monoisotopic (exact) mass is 360 g/mol. The zero-order chi connectivity index (χ0) is 18.4. The Bertz CT molecular complexity index is 576. The summed E-state index contributed by atoms with van der Waals surface area (Å²) in [5, 5.41) is 0. The van der Waals surface area contributed by atoms with Crippen LogP contribution in [0, 0.1) is 35.3 Å². The molecule has 144 valence electrons. The van der Waals surface area contributed by atoms with E-state index in [0.717, 1.165) is 35.7 Å². The van der Waals surface area contributed by atoms with Gasteiger partial charge in [0.25, 0.3) is 0 Å². The summed E-state index contributed by atoms with van der Waals surface area (Å²) in [6, 6.07) is 4.19. The maximum atomic E-state index is 13.2. The second kappa shape index (κ2) is 9.67. The first-order chi connectivity index (χ1) is 12.7. The number of hydrogen-bond acceptors (Lipinski definition) is 0. The van der Waals surface area contributed by atoms with E-state index in [-0.39, 0.29) is 0 Å². The molecule has 0 spiro atoms. The van der Waals surface area contributed by atoms with Gasteiger partial charge in [-0.2, -0.15) is 0 Å². The Hall–Kier alpha value is -1.18. The molecule has 2 heteroatoms. The van der Waals surface area contributed by atoms with Crippen molar-refractivity contribution < 1.29 is 8.78 Å². The summed E-state index contributed by atoms with van der Waals surface area (Å²) in [6.45, 7) is 2.34. The zero-order valence-electron chi connectivity index (χ0n) is 16.2. The fourth-order valence-corrected chi connectivity index (χ4v) is 5.14. The molecule has 1 aromatic rings. The Balaban J connectivity index is 1.35. The Morgan fingerprint density at radius 3 is 2.00 bits per heavy atom. The largest absolute Gasteiger partial charge is 0.204 e.